The van der Waals surface area contributed by atoms with Gasteiger partial charge < -0.3 is 14.5 Å². The van der Waals surface area contributed by atoms with Gasteiger partial charge in [0.05, 0.1) is 24.9 Å². The largest absolute Gasteiger partial charge is 0.361 e. The van der Waals surface area contributed by atoms with Crippen molar-refractivity contribution in [2.45, 2.75) is 45.3 Å². The van der Waals surface area contributed by atoms with Crippen molar-refractivity contribution in [2.24, 2.45) is 0 Å². The van der Waals surface area contributed by atoms with E-state index in [1.165, 1.54) is 0 Å². The molecule has 1 spiro atoms. The van der Waals surface area contributed by atoms with Crippen LogP contribution in [0.5, 0.6) is 0 Å². The van der Waals surface area contributed by atoms with Crippen LogP contribution in [0.1, 0.15) is 42.2 Å². The zero-order valence-electron chi connectivity index (χ0n) is 14.7. The maximum atomic E-state index is 12.9. The van der Waals surface area contributed by atoms with Gasteiger partial charge in [0.25, 0.3) is 11.8 Å². The van der Waals surface area contributed by atoms with Crippen LogP contribution in [0, 0.1) is 6.92 Å². The van der Waals surface area contributed by atoms with Crippen molar-refractivity contribution in [3.8, 4) is 0 Å². The highest BCUT2D eigenvalue weighted by Crippen LogP contribution is 2.30. The van der Waals surface area contributed by atoms with Crippen LogP contribution in [0.15, 0.2) is 6.20 Å². The van der Waals surface area contributed by atoms with E-state index in [9.17, 15) is 9.59 Å². The molecule has 2 aliphatic rings. The van der Waals surface area contributed by atoms with E-state index in [1.807, 2.05) is 25.6 Å². The van der Waals surface area contributed by atoms with E-state index in [2.05, 4.69) is 5.10 Å². The molecule has 0 radical (unpaired) electrons. The average molecular weight is 334 g/mol. The Kier molecular flexibility index (Phi) is 4.62. The molecule has 0 saturated carbocycles. The predicted molar refractivity (Wildman–Crippen MR) is 88.7 cm³/mol. The summed E-state index contributed by atoms with van der Waals surface area (Å²) in [7, 11) is 1.81. The van der Waals surface area contributed by atoms with Crippen molar-refractivity contribution in [1.82, 2.24) is 19.6 Å². The number of hydrogen-bond acceptors (Lipinski definition) is 4. The van der Waals surface area contributed by atoms with Crippen molar-refractivity contribution in [3.63, 3.8) is 0 Å². The number of amides is 2. The maximum Gasteiger partial charge on any atom is 0.257 e. The van der Waals surface area contributed by atoms with Gasteiger partial charge in [-0.3, -0.25) is 14.3 Å². The smallest absolute Gasteiger partial charge is 0.257 e. The zero-order chi connectivity index (χ0) is 17.3. The number of aromatic nitrogens is 2. The Morgan fingerprint density at radius 3 is 2.88 bits per heavy atom. The number of carbonyl (C=O) groups is 2. The molecule has 132 valence electrons. The SMILES string of the molecule is CCn1ncc(C(=O)N2CCOC3(CCCCN(C)C3=O)C2)c1C. The molecule has 1 atom stereocenters. The Hall–Kier alpha value is -1.89. The number of ether oxygens (including phenoxy) is 1. The summed E-state index contributed by atoms with van der Waals surface area (Å²) in [6.45, 7) is 6.62. The van der Waals surface area contributed by atoms with Crippen molar-refractivity contribution in [3.05, 3.63) is 17.5 Å². The normalized spacial score (nSPS) is 25.2. The molecular formula is C17H26N4O3. The minimum atomic E-state index is -0.881. The van der Waals surface area contributed by atoms with Crippen molar-refractivity contribution in [1.29, 1.82) is 0 Å². The van der Waals surface area contributed by atoms with Crippen molar-refractivity contribution < 1.29 is 14.3 Å². The molecule has 1 unspecified atom stereocenters. The van der Waals surface area contributed by atoms with Crippen LogP contribution in [0.2, 0.25) is 0 Å². The van der Waals surface area contributed by atoms with Crippen LogP contribution in [-0.4, -0.2) is 70.3 Å². The first-order chi connectivity index (χ1) is 11.5. The maximum absolute atomic E-state index is 12.9. The Morgan fingerprint density at radius 1 is 1.38 bits per heavy atom. The van der Waals surface area contributed by atoms with Crippen LogP contribution in [0.25, 0.3) is 0 Å². The Labute approximate surface area is 142 Å². The fraction of sp³-hybridized carbons (Fsp3) is 0.706. The number of rotatable bonds is 2. The molecule has 0 N–H and O–H groups in total. The monoisotopic (exact) mass is 334 g/mol. The van der Waals surface area contributed by atoms with Gasteiger partial charge in [-0.1, -0.05) is 0 Å². The molecule has 0 aromatic carbocycles. The second-order valence-electron chi connectivity index (χ2n) is 6.71. The number of morpholine rings is 1. The molecule has 1 aromatic rings. The topological polar surface area (TPSA) is 67.7 Å². The molecule has 0 aliphatic carbocycles. The van der Waals surface area contributed by atoms with E-state index in [0.29, 0.717) is 31.7 Å². The van der Waals surface area contributed by atoms with Crippen molar-refractivity contribution in [2.75, 3.05) is 33.3 Å². The molecule has 2 fully saturated rings. The summed E-state index contributed by atoms with van der Waals surface area (Å²) >= 11 is 0. The minimum Gasteiger partial charge on any atom is -0.361 e. The molecule has 2 saturated heterocycles. The van der Waals surface area contributed by atoms with E-state index in [4.69, 9.17) is 4.74 Å². The summed E-state index contributed by atoms with van der Waals surface area (Å²) in [6, 6.07) is 0. The van der Waals surface area contributed by atoms with E-state index in [-0.39, 0.29) is 11.8 Å². The number of nitrogens with zero attached hydrogens (tertiary/aromatic N) is 4. The standard InChI is InChI=1S/C17H26N4O3/c1-4-21-13(2)14(11-18-21)15(22)20-9-10-24-17(12-20)7-5-6-8-19(3)16(17)23/h11H,4-10,12H2,1-3H3. The van der Waals surface area contributed by atoms with Gasteiger partial charge in [-0.25, -0.2) is 0 Å². The lowest BCUT2D eigenvalue weighted by Gasteiger charge is -2.42. The summed E-state index contributed by atoms with van der Waals surface area (Å²) in [4.78, 5) is 29.2. The van der Waals surface area contributed by atoms with Gasteiger partial charge in [-0.05, 0) is 33.1 Å². The van der Waals surface area contributed by atoms with Gasteiger partial charge in [-0.2, -0.15) is 5.10 Å². The van der Waals surface area contributed by atoms with E-state index < -0.39 is 5.60 Å². The molecule has 2 amide bonds. The first kappa shape index (κ1) is 17.0. The van der Waals surface area contributed by atoms with Crippen LogP contribution < -0.4 is 0 Å². The van der Waals surface area contributed by atoms with Crippen LogP contribution in [-0.2, 0) is 16.1 Å². The summed E-state index contributed by atoms with van der Waals surface area (Å²) in [6.07, 6.45) is 4.21. The molecule has 3 rings (SSSR count). The summed E-state index contributed by atoms with van der Waals surface area (Å²) < 4.78 is 7.75. The summed E-state index contributed by atoms with van der Waals surface area (Å²) in [5, 5.41) is 4.26. The van der Waals surface area contributed by atoms with Crippen LogP contribution in [0.4, 0.5) is 0 Å². The van der Waals surface area contributed by atoms with E-state index >= 15 is 0 Å². The molecule has 2 aliphatic heterocycles. The van der Waals surface area contributed by atoms with Gasteiger partial charge in [0.1, 0.15) is 0 Å². The van der Waals surface area contributed by atoms with E-state index in [1.54, 1.807) is 16.0 Å². The molecule has 3 heterocycles. The second kappa shape index (κ2) is 6.55. The Bertz CT molecular complexity index is 642. The fourth-order valence-corrected chi connectivity index (χ4v) is 3.70. The van der Waals surface area contributed by atoms with Crippen molar-refractivity contribution >= 4 is 11.8 Å². The highest BCUT2D eigenvalue weighted by atomic mass is 16.5. The summed E-state index contributed by atoms with van der Waals surface area (Å²) in [5.41, 5.74) is 0.601. The highest BCUT2D eigenvalue weighted by molar-refractivity contribution is 5.96. The second-order valence-corrected chi connectivity index (χ2v) is 6.71. The fourth-order valence-electron chi connectivity index (χ4n) is 3.70. The zero-order valence-corrected chi connectivity index (χ0v) is 14.7. The average Bonchev–Trinajstić information content (AvgIpc) is 2.92. The third-order valence-electron chi connectivity index (χ3n) is 5.17. The molecule has 0 bridgehead atoms. The summed E-state index contributed by atoms with van der Waals surface area (Å²) in [5.74, 6) is -0.0620. The third kappa shape index (κ3) is 2.81. The minimum absolute atomic E-state index is 0.00141. The van der Waals surface area contributed by atoms with Gasteiger partial charge >= 0.3 is 0 Å². The van der Waals surface area contributed by atoms with Gasteiger partial charge in [-0.15, -0.1) is 0 Å². The molecule has 7 heteroatoms. The number of carbonyl (C=O) groups excluding carboxylic acids is 2. The molecule has 24 heavy (non-hydrogen) atoms. The number of hydrogen-bond donors (Lipinski definition) is 0. The predicted octanol–water partition coefficient (Wildman–Crippen LogP) is 1.06. The first-order valence-electron chi connectivity index (χ1n) is 8.70. The molecule has 1 aromatic heterocycles. The Morgan fingerprint density at radius 2 is 2.17 bits per heavy atom. The van der Waals surface area contributed by atoms with Gasteiger partial charge in [0, 0.05) is 32.4 Å². The van der Waals surface area contributed by atoms with Crippen LogP contribution in [0.3, 0.4) is 0 Å². The highest BCUT2D eigenvalue weighted by Gasteiger charge is 2.47. The number of likely N-dealkylation sites (N-methyl/N-ethyl adjacent to an activating group) is 1. The van der Waals surface area contributed by atoms with E-state index in [0.717, 1.165) is 31.6 Å². The third-order valence-corrected chi connectivity index (χ3v) is 5.17. The quantitative estimate of drug-likeness (QED) is 0.811. The van der Waals surface area contributed by atoms with Crippen LogP contribution >= 0.6 is 0 Å². The van der Waals surface area contributed by atoms with Gasteiger partial charge in [0.15, 0.2) is 5.60 Å². The first-order valence-corrected chi connectivity index (χ1v) is 8.70. The molecule has 7 nitrogen and oxygen atoms in total. The molecular weight excluding hydrogens is 308 g/mol. The Balaban J connectivity index is 1.83. The number of likely N-dealkylation sites (tertiary alicyclic amines) is 1. The lowest BCUT2D eigenvalue weighted by molar-refractivity contribution is -0.166. The van der Waals surface area contributed by atoms with Gasteiger partial charge in [0.2, 0.25) is 0 Å². The lowest BCUT2D eigenvalue weighted by atomic mass is 9.94. The lowest BCUT2D eigenvalue weighted by Crippen LogP contribution is -2.60. The number of aryl methyl sites for hydroxylation is 1.